The van der Waals surface area contributed by atoms with Crippen LogP contribution in [0.15, 0.2) is 66.1 Å². The predicted octanol–water partition coefficient (Wildman–Crippen LogP) is 3.18. The monoisotopic (exact) mass is 443 g/mol. The third-order valence-corrected chi connectivity index (χ3v) is 6.63. The number of carbonyl (C=O) groups is 1. The minimum atomic E-state index is -3.59. The summed E-state index contributed by atoms with van der Waals surface area (Å²) >= 11 is 0. The summed E-state index contributed by atoms with van der Waals surface area (Å²) in [4.78, 5) is 12.7. The first-order chi connectivity index (χ1) is 15.0. The molecule has 3 rings (SSSR count). The van der Waals surface area contributed by atoms with Crippen LogP contribution in [0.1, 0.15) is 15.9 Å². The zero-order chi connectivity index (χ0) is 22.3. The number of rotatable bonds is 9. The van der Waals surface area contributed by atoms with Crippen molar-refractivity contribution >= 4 is 21.9 Å². The molecule has 7 nitrogen and oxygen atoms in total. The number of allylic oxidation sites excluding steroid dienone is 1. The van der Waals surface area contributed by atoms with Gasteiger partial charge in [0.2, 0.25) is 10.0 Å². The van der Waals surface area contributed by atoms with E-state index in [2.05, 4.69) is 6.58 Å². The van der Waals surface area contributed by atoms with Gasteiger partial charge in [-0.15, -0.1) is 0 Å². The maximum Gasteiger partial charge on any atom is 0.243 e. The van der Waals surface area contributed by atoms with Gasteiger partial charge in [-0.05, 0) is 48.0 Å². The molecule has 0 radical (unpaired) electrons. The van der Waals surface area contributed by atoms with Crippen LogP contribution in [-0.4, -0.2) is 58.5 Å². The number of sulfonamides is 1. The molecule has 0 atom stereocenters. The molecule has 2 aromatic rings. The first-order valence-corrected chi connectivity index (χ1v) is 11.2. The third-order valence-electron chi connectivity index (χ3n) is 4.72. The maximum absolute atomic E-state index is 12.7. The molecule has 31 heavy (non-hydrogen) atoms. The Labute approximate surface area is 182 Å². The van der Waals surface area contributed by atoms with Gasteiger partial charge in [-0.25, -0.2) is 8.42 Å². The standard InChI is InChI=1S/C23H25NO6S/c1-3-14-30-22-11-5-18(17-23(22)28-2)4-10-21(25)19-6-8-20(9-7-19)31(26,27)24-12-15-29-16-13-24/h3-11,17H,1,12-16H2,2H3/b10-4+. The molecule has 0 spiro atoms. The Morgan fingerprint density at radius 2 is 1.84 bits per heavy atom. The van der Waals surface area contributed by atoms with Crippen molar-refractivity contribution in [3.63, 3.8) is 0 Å². The fraction of sp³-hybridized carbons (Fsp3) is 0.261. The minimum Gasteiger partial charge on any atom is -0.493 e. The molecule has 0 aliphatic carbocycles. The van der Waals surface area contributed by atoms with Crippen LogP contribution >= 0.6 is 0 Å². The van der Waals surface area contributed by atoms with Gasteiger partial charge in [0.25, 0.3) is 0 Å². The lowest BCUT2D eigenvalue weighted by molar-refractivity contribution is 0.0730. The Kier molecular flexibility index (Phi) is 7.62. The fourth-order valence-corrected chi connectivity index (χ4v) is 4.46. The van der Waals surface area contributed by atoms with Crippen LogP contribution < -0.4 is 9.47 Å². The number of carbonyl (C=O) groups excluding carboxylic acids is 1. The van der Waals surface area contributed by atoms with E-state index in [1.165, 1.54) is 34.6 Å². The molecule has 0 bridgehead atoms. The van der Waals surface area contributed by atoms with E-state index in [1.54, 1.807) is 31.4 Å². The van der Waals surface area contributed by atoms with Gasteiger partial charge in [0.05, 0.1) is 25.2 Å². The van der Waals surface area contributed by atoms with Crippen LogP contribution in [0.3, 0.4) is 0 Å². The largest absolute Gasteiger partial charge is 0.493 e. The lowest BCUT2D eigenvalue weighted by Gasteiger charge is -2.26. The average molecular weight is 444 g/mol. The van der Waals surface area contributed by atoms with Crippen LogP contribution in [0.2, 0.25) is 0 Å². The maximum atomic E-state index is 12.7. The Bertz CT molecular complexity index is 1050. The van der Waals surface area contributed by atoms with Gasteiger partial charge in [-0.3, -0.25) is 4.79 Å². The van der Waals surface area contributed by atoms with Gasteiger partial charge in [0, 0.05) is 18.7 Å². The number of ketones is 1. The number of morpholine rings is 1. The predicted molar refractivity (Wildman–Crippen MR) is 118 cm³/mol. The molecular formula is C23H25NO6S. The summed E-state index contributed by atoms with van der Waals surface area (Å²) in [5, 5.41) is 0. The zero-order valence-corrected chi connectivity index (χ0v) is 18.1. The van der Waals surface area contributed by atoms with E-state index < -0.39 is 10.0 Å². The van der Waals surface area contributed by atoms with Crippen LogP contribution in [0.4, 0.5) is 0 Å². The van der Waals surface area contributed by atoms with Gasteiger partial charge < -0.3 is 14.2 Å². The topological polar surface area (TPSA) is 82.1 Å². The first kappa shape index (κ1) is 22.7. The summed E-state index contributed by atoms with van der Waals surface area (Å²) in [6.45, 7) is 5.39. The number of hydrogen-bond acceptors (Lipinski definition) is 6. The number of benzene rings is 2. The van der Waals surface area contributed by atoms with Crippen molar-refractivity contribution in [2.45, 2.75) is 4.90 Å². The third kappa shape index (κ3) is 5.61. The van der Waals surface area contributed by atoms with Crippen LogP contribution in [0.5, 0.6) is 11.5 Å². The molecule has 164 valence electrons. The number of hydrogen-bond donors (Lipinski definition) is 0. The molecule has 8 heteroatoms. The molecule has 2 aromatic carbocycles. The first-order valence-electron chi connectivity index (χ1n) is 9.78. The van der Waals surface area contributed by atoms with Crippen molar-refractivity contribution < 1.29 is 27.4 Å². The van der Waals surface area contributed by atoms with Gasteiger partial charge in [0.1, 0.15) is 6.61 Å². The highest BCUT2D eigenvalue weighted by molar-refractivity contribution is 7.89. The van der Waals surface area contributed by atoms with Crippen molar-refractivity contribution in [3.05, 3.63) is 72.3 Å². The molecule has 0 amide bonds. The molecule has 1 aliphatic rings. The van der Waals surface area contributed by atoms with Crippen LogP contribution in [0, 0.1) is 0 Å². The van der Waals surface area contributed by atoms with E-state index in [0.29, 0.717) is 50.0 Å². The second kappa shape index (κ2) is 10.4. The zero-order valence-electron chi connectivity index (χ0n) is 17.3. The molecule has 0 aromatic heterocycles. The quantitative estimate of drug-likeness (QED) is 0.336. The molecule has 0 N–H and O–H groups in total. The van der Waals surface area contributed by atoms with Crippen molar-refractivity contribution in [2.24, 2.45) is 0 Å². The van der Waals surface area contributed by atoms with Crippen molar-refractivity contribution in [1.29, 1.82) is 0 Å². The van der Waals surface area contributed by atoms with Crippen molar-refractivity contribution in [1.82, 2.24) is 4.31 Å². The van der Waals surface area contributed by atoms with Crippen molar-refractivity contribution in [2.75, 3.05) is 40.0 Å². The molecule has 1 heterocycles. The van der Waals surface area contributed by atoms with Gasteiger partial charge in [0.15, 0.2) is 17.3 Å². The highest BCUT2D eigenvalue weighted by Crippen LogP contribution is 2.28. The Morgan fingerprint density at radius 3 is 2.48 bits per heavy atom. The van der Waals surface area contributed by atoms with E-state index in [-0.39, 0.29) is 10.7 Å². The molecule has 1 saturated heterocycles. The average Bonchev–Trinajstić information content (AvgIpc) is 2.82. The molecule has 1 fully saturated rings. The fourth-order valence-electron chi connectivity index (χ4n) is 3.05. The molecule has 0 saturated carbocycles. The summed E-state index contributed by atoms with van der Waals surface area (Å²) in [6, 6.07) is 11.3. The van der Waals surface area contributed by atoms with Crippen molar-refractivity contribution in [3.8, 4) is 11.5 Å². The molecule has 0 unspecified atom stereocenters. The number of ether oxygens (including phenoxy) is 3. The minimum absolute atomic E-state index is 0.162. The summed E-state index contributed by atoms with van der Waals surface area (Å²) in [5.74, 6) is 0.901. The summed E-state index contributed by atoms with van der Waals surface area (Å²) in [7, 11) is -2.04. The van der Waals surface area contributed by atoms with Gasteiger partial charge in [-0.2, -0.15) is 4.31 Å². The van der Waals surface area contributed by atoms with Crippen LogP contribution in [-0.2, 0) is 14.8 Å². The number of methoxy groups -OCH3 is 1. The van der Waals surface area contributed by atoms with E-state index in [4.69, 9.17) is 14.2 Å². The summed E-state index contributed by atoms with van der Waals surface area (Å²) < 4.78 is 42.8. The number of nitrogens with zero attached hydrogens (tertiary/aromatic N) is 1. The van der Waals surface area contributed by atoms with E-state index in [1.807, 2.05) is 6.07 Å². The van der Waals surface area contributed by atoms with Gasteiger partial charge in [-0.1, -0.05) is 24.8 Å². The highest BCUT2D eigenvalue weighted by atomic mass is 32.2. The Balaban J connectivity index is 1.70. The lowest BCUT2D eigenvalue weighted by atomic mass is 10.1. The van der Waals surface area contributed by atoms with Crippen LogP contribution in [0.25, 0.3) is 6.08 Å². The van der Waals surface area contributed by atoms with E-state index >= 15 is 0 Å². The van der Waals surface area contributed by atoms with E-state index in [9.17, 15) is 13.2 Å². The second-order valence-electron chi connectivity index (χ2n) is 6.75. The lowest BCUT2D eigenvalue weighted by Crippen LogP contribution is -2.40. The smallest absolute Gasteiger partial charge is 0.243 e. The highest BCUT2D eigenvalue weighted by Gasteiger charge is 2.26. The molecular weight excluding hydrogens is 418 g/mol. The van der Waals surface area contributed by atoms with Gasteiger partial charge >= 0.3 is 0 Å². The second-order valence-corrected chi connectivity index (χ2v) is 8.69. The summed E-state index contributed by atoms with van der Waals surface area (Å²) in [5.41, 5.74) is 1.16. The summed E-state index contributed by atoms with van der Waals surface area (Å²) in [6.07, 6.45) is 4.74. The Hall–Kier alpha value is -2.94. The SMILES string of the molecule is C=CCOc1ccc(/C=C/C(=O)c2ccc(S(=O)(=O)N3CCOCC3)cc2)cc1OC. The normalized spacial score (nSPS) is 15.0. The van der Waals surface area contributed by atoms with E-state index in [0.717, 1.165) is 5.56 Å². The Morgan fingerprint density at radius 1 is 1.13 bits per heavy atom. The molecule has 1 aliphatic heterocycles.